The van der Waals surface area contributed by atoms with Gasteiger partial charge in [0.25, 0.3) is 5.91 Å². The Bertz CT molecular complexity index is 445. The van der Waals surface area contributed by atoms with Crippen LogP contribution in [0.1, 0.15) is 41.9 Å². The van der Waals surface area contributed by atoms with Gasteiger partial charge in [0, 0.05) is 32.3 Å². The van der Waals surface area contributed by atoms with Crippen LogP contribution >= 0.6 is 0 Å². The van der Waals surface area contributed by atoms with Crippen LogP contribution in [0.4, 0.5) is 0 Å². The molecule has 1 unspecified atom stereocenters. The molecule has 4 heteroatoms. The minimum Gasteiger partial charge on any atom is -0.343 e. The quantitative estimate of drug-likeness (QED) is 0.835. The van der Waals surface area contributed by atoms with Gasteiger partial charge in [-0.2, -0.15) is 0 Å². The van der Waals surface area contributed by atoms with Crippen LogP contribution in [0.2, 0.25) is 0 Å². The fourth-order valence-electron chi connectivity index (χ4n) is 2.61. The third kappa shape index (κ3) is 3.32. The molecule has 1 aliphatic rings. The van der Waals surface area contributed by atoms with Gasteiger partial charge in [0.15, 0.2) is 0 Å². The van der Waals surface area contributed by atoms with Crippen LogP contribution in [-0.4, -0.2) is 54.4 Å². The van der Waals surface area contributed by atoms with Crippen molar-refractivity contribution in [2.75, 3.05) is 33.7 Å². The summed E-state index contributed by atoms with van der Waals surface area (Å²) in [5.74, 6) is 0.439. The number of aromatic nitrogens is 1. The molecule has 2 heterocycles. The second-order valence-corrected chi connectivity index (χ2v) is 5.38. The number of pyridine rings is 1. The van der Waals surface area contributed by atoms with Crippen molar-refractivity contribution in [1.29, 1.82) is 0 Å². The summed E-state index contributed by atoms with van der Waals surface area (Å²) in [4.78, 5) is 20.6. The zero-order chi connectivity index (χ0) is 13.8. The monoisotopic (exact) mass is 261 g/mol. The van der Waals surface area contributed by atoms with Crippen LogP contribution in [0.5, 0.6) is 0 Å². The van der Waals surface area contributed by atoms with Gasteiger partial charge in [-0.15, -0.1) is 0 Å². The predicted octanol–water partition coefficient (Wildman–Crippen LogP) is 1.98. The number of amides is 1. The maximum atomic E-state index is 12.0. The Hall–Kier alpha value is -1.42. The number of piperidine rings is 1. The topological polar surface area (TPSA) is 36.4 Å². The first-order valence-corrected chi connectivity index (χ1v) is 7.02. The van der Waals surface area contributed by atoms with Crippen molar-refractivity contribution in [3.05, 3.63) is 29.6 Å². The fraction of sp³-hybridized carbons (Fsp3) is 0.600. The van der Waals surface area contributed by atoms with Gasteiger partial charge >= 0.3 is 0 Å². The van der Waals surface area contributed by atoms with E-state index in [2.05, 4.69) is 22.9 Å². The van der Waals surface area contributed by atoms with Gasteiger partial charge in [0.05, 0.1) is 0 Å². The molecular weight excluding hydrogens is 238 g/mol. The molecular formula is C15H23N3O. The molecule has 104 valence electrons. The summed E-state index contributed by atoms with van der Waals surface area (Å²) >= 11 is 0. The van der Waals surface area contributed by atoms with Gasteiger partial charge in [-0.05, 0) is 38.1 Å². The average molecular weight is 261 g/mol. The van der Waals surface area contributed by atoms with Gasteiger partial charge in [0.1, 0.15) is 5.69 Å². The van der Waals surface area contributed by atoms with Crippen molar-refractivity contribution in [2.24, 2.45) is 0 Å². The van der Waals surface area contributed by atoms with Gasteiger partial charge in [0.2, 0.25) is 0 Å². The second kappa shape index (κ2) is 6.15. The third-order valence-corrected chi connectivity index (χ3v) is 3.77. The molecule has 0 aliphatic carbocycles. The molecule has 1 atom stereocenters. The minimum atomic E-state index is -0.0231. The molecule has 1 saturated heterocycles. The molecule has 0 radical (unpaired) electrons. The van der Waals surface area contributed by atoms with Crippen LogP contribution in [0, 0.1) is 0 Å². The lowest BCUT2D eigenvalue weighted by Crippen LogP contribution is -2.34. The highest BCUT2D eigenvalue weighted by atomic mass is 16.2. The summed E-state index contributed by atoms with van der Waals surface area (Å²) in [5, 5.41) is 0. The lowest BCUT2D eigenvalue weighted by Gasteiger charge is -2.31. The van der Waals surface area contributed by atoms with E-state index in [0.29, 0.717) is 11.6 Å². The first-order valence-electron chi connectivity index (χ1n) is 7.02. The van der Waals surface area contributed by atoms with E-state index in [9.17, 15) is 4.79 Å². The van der Waals surface area contributed by atoms with Gasteiger partial charge in [-0.1, -0.05) is 13.0 Å². The Kier molecular flexibility index (Phi) is 4.53. The number of likely N-dealkylation sites (tertiary alicyclic amines) is 1. The van der Waals surface area contributed by atoms with Crippen LogP contribution in [0.3, 0.4) is 0 Å². The van der Waals surface area contributed by atoms with E-state index in [-0.39, 0.29) is 5.91 Å². The number of likely N-dealkylation sites (N-methyl/N-ethyl adjacent to an activating group) is 1. The summed E-state index contributed by atoms with van der Waals surface area (Å²) in [7, 11) is 3.52. The van der Waals surface area contributed by atoms with Crippen LogP contribution in [-0.2, 0) is 0 Å². The third-order valence-electron chi connectivity index (χ3n) is 3.77. The zero-order valence-electron chi connectivity index (χ0n) is 12.1. The van der Waals surface area contributed by atoms with Crippen molar-refractivity contribution in [3.8, 4) is 0 Å². The zero-order valence-corrected chi connectivity index (χ0v) is 12.1. The first-order chi connectivity index (χ1) is 9.11. The Labute approximate surface area is 115 Å². The summed E-state index contributed by atoms with van der Waals surface area (Å²) in [5.41, 5.74) is 1.61. The fourth-order valence-corrected chi connectivity index (χ4v) is 2.61. The number of hydrogen-bond donors (Lipinski definition) is 0. The average Bonchev–Trinajstić information content (AvgIpc) is 2.46. The summed E-state index contributed by atoms with van der Waals surface area (Å²) in [6.07, 6.45) is 2.38. The maximum Gasteiger partial charge on any atom is 0.271 e. The first kappa shape index (κ1) is 14.0. The van der Waals surface area contributed by atoms with E-state index in [0.717, 1.165) is 18.8 Å². The van der Waals surface area contributed by atoms with E-state index >= 15 is 0 Å². The molecule has 0 N–H and O–H groups in total. The summed E-state index contributed by atoms with van der Waals surface area (Å²) in [6, 6.07) is 5.80. The van der Waals surface area contributed by atoms with Crippen molar-refractivity contribution < 1.29 is 4.79 Å². The highest BCUT2D eigenvalue weighted by Gasteiger charge is 2.22. The van der Waals surface area contributed by atoms with Crippen LogP contribution < -0.4 is 0 Å². The molecule has 1 amide bonds. The number of carbonyl (C=O) groups excluding carboxylic acids is 1. The molecule has 2 rings (SSSR count). The Morgan fingerprint density at radius 2 is 2.26 bits per heavy atom. The van der Waals surface area contributed by atoms with E-state index in [1.165, 1.54) is 19.4 Å². The Morgan fingerprint density at radius 1 is 1.47 bits per heavy atom. The van der Waals surface area contributed by atoms with Crippen molar-refractivity contribution in [1.82, 2.24) is 14.8 Å². The lowest BCUT2D eigenvalue weighted by atomic mass is 9.94. The molecule has 0 bridgehead atoms. The summed E-state index contributed by atoms with van der Waals surface area (Å²) < 4.78 is 0. The number of carbonyl (C=O) groups is 1. The number of hydrogen-bond acceptors (Lipinski definition) is 3. The highest BCUT2D eigenvalue weighted by molar-refractivity contribution is 5.91. The van der Waals surface area contributed by atoms with Crippen molar-refractivity contribution in [3.63, 3.8) is 0 Å². The maximum absolute atomic E-state index is 12.0. The molecule has 19 heavy (non-hydrogen) atoms. The van der Waals surface area contributed by atoms with Gasteiger partial charge in [-0.3, -0.25) is 4.79 Å². The van der Waals surface area contributed by atoms with Crippen LogP contribution in [0.25, 0.3) is 0 Å². The smallest absolute Gasteiger partial charge is 0.271 e. The molecule has 1 fully saturated rings. The number of rotatable bonds is 3. The second-order valence-electron chi connectivity index (χ2n) is 5.38. The van der Waals surface area contributed by atoms with Crippen molar-refractivity contribution in [2.45, 2.75) is 25.7 Å². The largest absolute Gasteiger partial charge is 0.343 e. The molecule has 0 spiro atoms. The standard InChI is InChI=1S/C15H23N3O/c1-4-18-10-6-7-12(11-18)13-8-5-9-14(16-13)15(19)17(2)3/h5,8-9,12H,4,6-7,10-11H2,1-3H3. The van der Waals surface area contributed by atoms with E-state index < -0.39 is 0 Å². The highest BCUT2D eigenvalue weighted by Crippen LogP contribution is 2.25. The van der Waals surface area contributed by atoms with E-state index in [1.54, 1.807) is 25.1 Å². The Balaban J connectivity index is 2.16. The predicted molar refractivity (Wildman–Crippen MR) is 76.3 cm³/mol. The molecule has 4 nitrogen and oxygen atoms in total. The van der Waals surface area contributed by atoms with Gasteiger partial charge < -0.3 is 9.80 Å². The molecule has 1 aromatic rings. The van der Waals surface area contributed by atoms with E-state index in [1.807, 2.05) is 6.07 Å². The van der Waals surface area contributed by atoms with Crippen LogP contribution in [0.15, 0.2) is 18.2 Å². The molecule has 0 aromatic carbocycles. The normalized spacial score (nSPS) is 20.3. The number of nitrogens with zero attached hydrogens (tertiary/aromatic N) is 3. The molecule has 1 aromatic heterocycles. The molecule has 0 saturated carbocycles. The minimum absolute atomic E-state index is 0.0231. The lowest BCUT2D eigenvalue weighted by molar-refractivity contribution is 0.0821. The van der Waals surface area contributed by atoms with Gasteiger partial charge in [-0.25, -0.2) is 4.98 Å². The SMILES string of the molecule is CCN1CCCC(c2cccc(C(=O)N(C)C)n2)C1. The summed E-state index contributed by atoms with van der Waals surface area (Å²) in [6.45, 7) is 5.53. The van der Waals surface area contributed by atoms with E-state index in [4.69, 9.17) is 0 Å². The Morgan fingerprint density at radius 3 is 2.95 bits per heavy atom. The van der Waals surface area contributed by atoms with Crippen molar-refractivity contribution >= 4 is 5.91 Å². The molecule has 1 aliphatic heterocycles.